The standard InChI is InChI=1S/C16H12N2O/c19-16(12-6-2-1-3-7-12)18-15-11-17-10-13-8-4-5-9-14(13)15/h1-11H,(H,18,19). The molecule has 0 aliphatic heterocycles. The first-order chi connectivity index (χ1) is 9.34. The maximum atomic E-state index is 12.1. The molecule has 0 atom stereocenters. The van der Waals surface area contributed by atoms with Gasteiger partial charge in [0.1, 0.15) is 0 Å². The van der Waals surface area contributed by atoms with Crippen molar-refractivity contribution in [2.75, 3.05) is 5.32 Å². The Balaban J connectivity index is 1.96. The van der Waals surface area contributed by atoms with Crippen LogP contribution in [0.15, 0.2) is 67.0 Å². The molecule has 3 heteroatoms. The number of amides is 1. The van der Waals surface area contributed by atoms with E-state index < -0.39 is 0 Å². The van der Waals surface area contributed by atoms with Gasteiger partial charge in [0.05, 0.1) is 11.9 Å². The molecule has 3 nitrogen and oxygen atoms in total. The molecule has 1 N–H and O–H groups in total. The van der Waals surface area contributed by atoms with Gasteiger partial charge in [-0.3, -0.25) is 9.78 Å². The van der Waals surface area contributed by atoms with Gasteiger partial charge in [0.25, 0.3) is 5.91 Å². The van der Waals surface area contributed by atoms with Gasteiger partial charge in [-0.2, -0.15) is 0 Å². The van der Waals surface area contributed by atoms with Gasteiger partial charge in [-0.05, 0) is 12.1 Å². The van der Waals surface area contributed by atoms with Crippen LogP contribution in [-0.4, -0.2) is 10.9 Å². The summed E-state index contributed by atoms with van der Waals surface area (Å²) in [6, 6.07) is 17.0. The van der Waals surface area contributed by atoms with Crippen LogP contribution in [0.5, 0.6) is 0 Å². The predicted octanol–water partition coefficient (Wildman–Crippen LogP) is 3.49. The van der Waals surface area contributed by atoms with Gasteiger partial charge < -0.3 is 5.32 Å². The highest BCUT2D eigenvalue weighted by molar-refractivity contribution is 6.08. The van der Waals surface area contributed by atoms with Crippen molar-refractivity contribution in [1.29, 1.82) is 0 Å². The molecule has 0 unspecified atom stereocenters. The smallest absolute Gasteiger partial charge is 0.255 e. The minimum absolute atomic E-state index is 0.126. The lowest BCUT2D eigenvalue weighted by molar-refractivity contribution is 0.102. The van der Waals surface area contributed by atoms with Crippen molar-refractivity contribution in [3.63, 3.8) is 0 Å². The van der Waals surface area contributed by atoms with Crippen LogP contribution in [-0.2, 0) is 0 Å². The molecule has 3 rings (SSSR count). The molecule has 0 saturated heterocycles. The number of carbonyl (C=O) groups is 1. The van der Waals surface area contributed by atoms with E-state index in [1.54, 1.807) is 24.5 Å². The van der Waals surface area contributed by atoms with Crippen molar-refractivity contribution in [3.8, 4) is 0 Å². The molecule has 1 aromatic heterocycles. The number of benzene rings is 2. The fourth-order valence-corrected chi connectivity index (χ4v) is 2.00. The Morgan fingerprint density at radius 2 is 1.63 bits per heavy atom. The topological polar surface area (TPSA) is 42.0 Å². The number of aromatic nitrogens is 1. The van der Waals surface area contributed by atoms with Crippen LogP contribution in [0.25, 0.3) is 10.8 Å². The minimum atomic E-state index is -0.126. The monoisotopic (exact) mass is 248 g/mol. The molecule has 0 spiro atoms. The minimum Gasteiger partial charge on any atom is -0.320 e. The van der Waals surface area contributed by atoms with E-state index in [0.29, 0.717) is 5.56 Å². The van der Waals surface area contributed by atoms with Crippen LogP contribution in [0.1, 0.15) is 10.4 Å². The summed E-state index contributed by atoms with van der Waals surface area (Å²) in [5.41, 5.74) is 1.36. The van der Waals surface area contributed by atoms with Crippen LogP contribution in [0.2, 0.25) is 0 Å². The third-order valence-electron chi connectivity index (χ3n) is 2.95. The fourth-order valence-electron chi connectivity index (χ4n) is 2.00. The van der Waals surface area contributed by atoms with Crippen molar-refractivity contribution >= 4 is 22.4 Å². The van der Waals surface area contributed by atoms with Gasteiger partial charge in [-0.15, -0.1) is 0 Å². The molecule has 92 valence electrons. The Hall–Kier alpha value is -2.68. The van der Waals surface area contributed by atoms with Gasteiger partial charge >= 0.3 is 0 Å². The molecule has 2 aromatic carbocycles. The fraction of sp³-hybridized carbons (Fsp3) is 0. The lowest BCUT2D eigenvalue weighted by Gasteiger charge is -2.08. The third kappa shape index (κ3) is 2.31. The number of nitrogens with zero attached hydrogens (tertiary/aromatic N) is 1. The summed E-state index contributed by atoms with van der Waals surface area (Å²) in [7, 11) is 0. The predicted molar refractivity (Wildman–Crippen MR) is 76.1 cm³/mol. The maximum Gasteiger partial charge on any atom is 0.255 e. The highest BCUT2D eigenvalue weighted by atomic mass is 16.1. The lowest BCUT2D eigenvalue weighted by atomic mass is 10.1. The van der Waals surface area contributed by atoms with Crippen LogP contribution in [0.3, 0.4) is 0 Å². The SMILES string of the molecule is O=C(Nc1cncc2ccccc12)c1ccccc1. The van der Waals surface area contributed by atoms with E-state index in [-0.39, 0.29) is 5.91 Å². The highest BCUT2D eigenvalue weighted by Crippen LogP contribution is 2.21. The average molecular weight is 248 g/mol. The second-order valence-corrected chi connectivity index (χ2v) is 4.23. The maximum absolute atomic E-state index is 12.1. The summed E-state index contributed by atoms with van der Waals surface area (Å²) in [6.45, 7) is 0. The van der Waals surface area contributed by atoms with Gasteiger partial charge in [0.2, 0.25) is 0 Å². The first-order valence-electron chi connectivity index (χ1n) is 6.04. The van der Waals surface area contributed by atoms with Gasteiger partial charge in [0.15, 0.2) is 0 Å². The summed E-state index contributed by atoms with van der Waals surface area (Å²) in [5.74, 6) is -0.126. The molecule has 0 aliphatic rings. The largest absolute Gasteiger partial charge is 0.320 e. The van der Waals surface area contributed by atoms with Crippen molar-refractivity contribution in [1.82, 2.24) is 4.98 Å². The third-order valence-corrected chi connectivity index (χ3v) is 2.95. The zero-order valence-corrected chi connectivity index (χ0v) is 10.2. The molecule has 0 radical (unpaired) electrons. The molecule has 19 heavy (non-hydrogen) atoms. The molecule has 3 aromatic rings. The van der Waals surface area contributed by atoms with Crippen molar-refractivity contribution < 1.29 is 4.79 Å². The normalized spacial score (nSPS) is 10.3. The quantitative estimate of drug-likeness (QED) is 0.754. The van der Waals surface area contributed by atoms with E-state index in [2.05, 4.69) is 10.3 Å². The van der Waals surface area contributed by atoms with E-state index in [4.69, 9.17) is 0 Å². The van der Waals surface area contributed by atoms with E-state index in [9.17, 15) is 4.79 Å². The Morgan fingerprint density at radius 3 is 2.47 bits per heavy atom. The van der Waals surface area contributed by atoms with E-state index in [1.165, 1.54) is 0 Å². The van der Waals surface area contributed by atoms with E-state index >= 15 is 0 Å². The van der Waals surface area contributed by atoms with Crippen LogP contribution in [0, 0.1) is 0 Å². The Kier molecular flexibility index (Phi) is 2.94. The van der Waals surface area contributed by atoms with E-state index in [0.717, 1.165) is 16.5 Å². The van der Waals surface area contributed by atoms with Gasteiger partial charge in [-0.1, -0.05) is 42.5 Å². The molecular weight excluding hydrogens is 236 g/mol. The zero-order chi connectivity index (χ0) is 13.1. The Morgan fingerprint density at radius 1 is 0.895 bits per heavy atom. The van der Waals surface area contributed by atoms with Crippen LogP contribution < -0.4 is 5.32 Å². The van der Waals surface area contributed by atoms with Crippen LogP contribution in [0.4, 0.5) is 5.69 Å². The number of hydrogen-bond donors (Lipinski definition) is 1. The summed E-state index contributed by atoms with van der Waals surface area (Å²) < 4.78 is 0. The second-order valence-electron chi connectivity index (χ2n) is 4.23. The number of anilines is 1. The van der Waals surface area contributed by atoms with E-state index in [1.807, 2.05) is 42.5 Å². The zero-order valence-electron chi connectivity index (χ0n) is 10.2. The molecule has 0 fully saturated rings. The summed E-state index contributed by atoms with van der Waals surface area (Å²) in [6.07, 6.45) is 3.46. The lowest BCUT2D eigenvalue weighted by Crippen LogP contribution is -2.12. The number of rotatable bonds is 2. The number of fused-ring (bicyclic) bond motifs is 1. The first-order valence-corrected chi connectivity index (χ1v) is 6.04. The molecule has 1 amide bonds. The molecule has 0 aliphatic carbocycles. The Labute approximate surface area is 110 Å². The summed E-state index contributed by atoms with van der Waals surface area (Å²) in [5, 5.41) is 4.90. The summed E-state index contributed by atoms with van der Waals surface area (Å²) >= 11 is 0. The molecule has 0 saturated carbocycles. The number of hydrogen-bond acceptors (Lipinski definition) is 2. The summed E-state index contributed by atoms with van der Waals surface area (Å²) in [4.78, 5) is 16.3. The molecular formula is C16H12N2O. The van der Waals surface area contributed by atoms with Crippen LogP contribution >= 0.6 is 0 Å². The number of carbonyl (C=O) groups excluding carboxylic acids is 1. The van der Waals surface area contributed by atoms with Crippen molar-refractivity contribution in [3.05, 3.63) is 72.6 Å². The Bertz CT molecular complexity index is 718. The molecule has 1 heterocycles. The molecule has 0 bridgehead atoms. The van der Waals surface area contributed by atoms with Crippen molar-refractivity contribution in [2.24, 2.45) is 0 Å². The number of nitrogens with one attached hydrogen (secondary N) is 1. The average Bonchev–Trinajstić information content (AvgIpc) is 2.48. The number of pyridine rings is 1. The van der Waals surface area contributed by atoms with Gasteiger partial charge in [-0.25, -0.2) is 0 Å². The second kappa shape index (κ2) is 4.90. The van der Waals surface area contributed by atoms with Crippen molar-refractivity contribution in [2.45, 2.75) is 0 Å². The first kappa shape index (κ1) is 11.4. The highest BCUT2D eigenvalue weighted by Gasteiger charge is 2.07. The van der Waals surface area contributed by atoms with Gasteiger partial charge in [0, 0.05) is 22.5 Å².